The summed E-state index contributed by atoms with van der Waals surface area (Å²) in [6.45, 7) is 0.910. The molecule has 1 heterocycles. The molecule has 1 aliphatic heterocycles. The summed E-state index contributed by atoms with van der Waals surface area (Å²) in [4.78, 5) is 4.36. The van der Waals surface area contributed by atoms with E-state index in [0.29, 0.717) is 13.4 Å². The average molecular weight is 105 g/mol. The predicted molar refractivity (Wildman–Crippen MR) is 21.9 cm³/mol. The van der Waals surface area contributed by atoms with Gasteiger partial charge >= 0.3 is 0 Å². The van der Waals surface area contributed by atoms with Crippen molar-refractivity contribution in [3.63, 3.8) is 0 Å². The molecule has 4 heteroatoms. The molecule has 0 aromatic heterocycles. The lowest BCUT2D eigenvalue weighted by atomic mass is 11.0. The minimum Gasteiger partial charge on any atom is -0.237 e. The van der Waals surface area contributed by atoms with E-state index < -0.39 is 0 Å². The van der Waals surface area contributed by atoms with Gasteiger partial charge in [0.2, 0.25) is 0 Å². The first-order valence-corrected chi connectivity index (χ1v) is 2.14. The van der Waals surface area contributed by atoms with Crippen LogP contribution in [0, 0.1) is 0 Å². The normalized spacial score (nSPS) is 42.0. The molecule has 4 nitrogen and oxygen atoms in total. The number of nitrogens with one attached hydrogen (secondary N) is 1. The minimum absolute atomic E-state index is 0.361. The number of nitrogens with zero attached hydrogens (tertiary/aromatic N) is 1. The van der Waals surface area contributed by atoms with Crippen molar-refractivity contribution in [3.05, 3.63) is 0 Å². The van der Waals surface area contributed by atoms with Gasteiger partial charge in [0.15, 0.2) is 13.4 Å². The van der Waals surface area contributed by atoms with Gasteiger partial charge in [-0.15, -0.1) is 0 Å². The second kappa shape index (κ2) is 1.41. The predicted octanol–water partition coefficient (Wildman–Crippen LogP) is -0.728. The Morgan fingerprint density at radius 3 is 2.71 bits per heavy atom. The van der Waals surface area contributed by atoms with Crippen LogP contribution >= 0.6 is 0 Å². The lowest BCUT2D eigenvalue weighted by Crippen LogP contribution is -2.36. The van der Waals surface area contributed by atoms with E-state index in [0.717, 1.165) is 0 Å². The molecule has 0 aromatic rings. The van der Waals surface area contributed by atoms with Crippen LogP contribution in [0.2, 0.25) is 0 Å². The van der Waals surface area contributed by atoms with E-state index in [2.05, 4.69) is 5.32 Å². The molecule has 1 saturated heterocycles. The van der Waals surface area contributed by atoms with E-state index in [1.54, 1.807) is 7.05 Å². The van der Waals surface area contributed by atoms with Crippen molar-refractivity contribution in [2.75, 3.05) is 20.4 Å². The summed E-state index contributed by atoms with van der Waals surface area (Å²) in [6.07, 6.45) is 0. The third-order valence-corrected chi connectivity index (χ3v) is 0.850. The van der Waals surface area contributed by atoms with Crippen molar-refractivity contribution in [1.29, 1.82) is 0 Å². The molecular weight excluding hydrogens is 96.0 g/mol. The quantitative estimate of drug-likeness (QED) is 0.399. The fourth-order valence-electron chi connectivity index (χ4n) is 0.483. The Morgan fingerprint density at radius 1 is 1.86 bits per heavy atom. The molecule has 0 aliphatic carbocycles. The zero-order chi connectivity index (χ0) is 5.33. The molecule has 2 N–H and O–H groups in total. The van der Waals surface area contributed by atoms with Gasteiger partial charge in [0.05, 0.1) is 0 Å². The second-order valence-electron chi connectivity index (χ2n) is 1.73. The Morgan fingerprint density at radius 2 is 2.57 bits per heavy atom. The monoisotopic (exact) mass is 105 g/mol. The Labute approximate surface area is 41.8 Å². The zero-order valence-corrected chi connectivity index (χ0v) is 4.22. The summed E-state index contributed by atoms with van der Waals surface area (Å²) in [6, 6.07) is 0. The molecule has 0 bridgehead atoms. The summed E-state index contributed by atoms with van der Waals surface area (Å²) in [5, 5.41) is 11.7. The number of quaternary nitrogens is 1. The highest BCUT2D eigenvalue weighted by atomic mass is 16.9. The lowest BCUT2D eigenvalue weighted by Gasteiger charge is -2.11. The maximum Gasteiger partial charge on any atom is 0.197 e. The van der Waals surface area contributed by atoms with Gasteiger partial charge in [-0.1, -0.05) is 0 Å². The minimum atomic E-state index is -0.361. The van der Waals surface area contributed by atoms with Crippen LogP contribution < -0.4 is 5.32 Å². The molecule has 0 amide bonds. The van der Waals surface area contributed by atoms with E-state index in [9.17, 15) is 0 Å². The van der Waals surface area contributed by atoms with Crippen molar-refractivity contribution in [1.82, 2.24) is 5.32 Å². The molecule has 1 unspecified atom stereocenters. The molecule has 0 spiro atoms. The van der Waals surface area contributed by atoms with Gasteiger partial charge in [0.1, 0.15) is 7.05 Å². The van der Waals surface area contributed by atoms with Crippen LogP contribution in [0.3, 0.4) is 0 Å². The summed E-state index contributed by atoms with van der Waals surface area (Å²) >= 11 is 0. The van der Waals surface area contributed by atoms with Gasteiger partial charge in [0, 0.05) is 0 Å². The largest absolute Gasteiger partial charge is 0.237 e. The molecule has 0 saturated carbocycles. The van der Waals surface area contributed by atoms with E-state index in [1.807, 2.05) is 0 Å². The number of rotatable bonds is 0. The smallest absolute Gasteiger partial charge is 0.197 e. The molecular formula is C3H9N2O2+. The van der Waals surface area contributed by atoms with Crippen LogP contribution in [0.1, 0.15) is 0 Å². The second-order valence-corrected chi connectivity index (χ2v) is 1.73. The van der Waals surface area contributed by atoms with Crippen LogP contribution in [0.4, 0.5) is 0 Å². The van der Waals surface area contributed by atoms with Crippen LogP contribution in [0.5, 0.6) is 0 Å². The van der Waals surface area contributed by atoms with Crippen LogP contribution in [0.25, 0.3) is 0 Å². The summed E-state index contributed by atoms with van der Waals surface area (Å²) in [5.74, 6) is 0. The van der Waals surface area contributed by atoms with Crippen molar-refractivity contribution < 1.29 is 14.9 Å². The Balaban J connectivity index is 2.40. The van der Waals surface area contributed by atoms with Gasteiger partial charge < -0.3 is 0 Å². The van der Waals surface area contributed by atoms with Crippen LogP contribution in [0.15, 0.2) is 0 Å². The maximum atomic E-state index is 8.85. The molecule has 1 aliphatic rings. The van der Waals surface area contributed by atoms with Gasteiger partial charge in [-0.05, 0) is 4.81 Å². The fourth-order valence-corrected chi connectivity index (χ4v) is 0.483. The van der Waals surface area contributed by atoms with Crippen molar-refractivity contribution in [2.45, 2.75) is 0 Å². The van der Waals surface area contributed by atoms with E-state index in [-0.39, 0.29) is 4.81 Å². The third kappa shape index (κ3) is 1.10. The lowest BCUT2D eigenvalue weighted by molar-refractivity contribution is -1.22. The highest BCUT2D eigenvalue weighted by Crippen LogP contribution is 1.98. The maximum absolute atomic E-state index is 8.85. The summed E-state index contributed by atoms with van der Waals surface area (Å²) in [5.41, 5.74) is 0. The zero-order valence-electron chi connectivity index (χ0n) is 4.22. The van der Waals surface area contributed by atoms with Gasteiger partial charge in [-0.2, -0.15) is 10.0 Å². The average Bonchev–Trinajstić information content (AvgIpc) is 1.84. The molecule has 0 radical (unpaired) electrons. The molecule has 42 valence electrons. The van der Waals surface area contributed by atoms with Gasteiger partial charge in [0.25, 0.3) is 0 Å². The van der Waals surface area contributed by atoms with Crippen molar-refractivity contribution >= 4 is 0 Å². The molecule has 7 heavy (non-hydrogen) atoms. The van der Waals surface area contributed by atoms with E-state index >= 15 is 0 Å². The first-order valence-electron chi connectivity index (χ1n) is 2.14. The highest BCUT2D eigenvalue weighted by Gasteiger charge is 2.25. The Hall–Kier alpha value is -0.160. The van der Waals surface area contributed by atoms with Crippen LogP contribution in [-0.2, 0) is 4.84 Å². The summed E-state index contributed by atoms with van der Waals surface area (Å²) in [7, 11) is 1.57. The SMILES string of the molecule is C[N+]1(O)CNCO1. The third-order valence-electron chi connectivity index (χ3n) is 0.850. The fraction of sp³-hybridized carbons (Fsp3) is 1.00. The van der Waals surface area contributed by atoms with Gasteiger partial charge in [-0.25, -0.2) is 5.32 Å². The molecule has 1 rings (SSSR count). The first-order chi connectivity index (χ1) is 3.21. The Kier molecular flexibility index (Phi) is 1.01. The van der Waals surface area contributed by atoms with Crippen LogP contribution in [-0.4, -0.2) is 30.5 Å². The van der Waals surface area contributed by atoms with E-state index in [4.69, 9.17) is 10.0 Å². The van der Waals surface area contributed by atoms with Crippen molar-refractivity contribution in [3.8, 4) is 0 Å². The topological polar surface area (TPSA) is 41.5 Å². The Bertz CT molecular complexity index is 65.3. The molecule has 0 aromatic carbocycles. The number of hydroxylamine groups is 4. The van der Waals surface area contributed by atoms with E-state index in [1.165, 1.54) is 0 Å². The first kappa shape index (κ1) is 4.99. The highest BCUT2D eigenvalue weighted by molar-refractivity contribution is 4.22. The number of hydrogen-bond acceptors (Lipinski definition) is 3. The summed E-state index contributed by atoms with van der Waals surface area (Å²) < 4.78 is 0. The van der Waals surface area contributed by atoms with Gasteiger partial charge in [-0.3, -0.25) is 0 Å². The standard InChI is InChI=1S/C3H9N2O2/c1-5(6)2-4-3-7-5/h4,6H,2-3H2,1H3/q+1. The molecule has 1 atom stereocenters. The molecule has 1 fully saturated rings. The number of hydrogen-bond donors (Lipinski definition) is 2. The van der Waals surface area contributed by atoms with Crippen molar-refractivity contribution in [2.24, 2.45) is 0 Å².